The normalized spacial score (nSPS) is 17.7. The second kappa shape index (κ2) is 8.75. The van der Waals surface area contributed by atoms with Gasteiger partial charge in [-0.05, 0) is 48.2 Å². The summed E-state index contributed by atoms with van der Waals surface area (Å²) < 4.78 is 35.1. The van der Waals surface area contributed by atoms with E-state index in [1.54, 1.807) is 18.3 Å². The van der Waals surface area contributed by atoms with E-state index in [1.165, 1.54) is 5.56 Å². The van der Waals surface area contributed by atoms with Crippen LogP contribution in [0.1, 0.15) is 30.0 Å². The van der Waals surface area contributed by atoms with Crippen LogP contribution in [0.3, 0.4) is 0 Å². The summed E-state index contributed by atoms with van der Waals surface area (Å²) in [6.45, 7) is 2.45. The highest BCUT2D eigenvalue weighted by Gasteiger charge is 2.34. The lowest BCUT2D eigenvalue weighted by atomic mass is 10.0. The van der Waals surface area contributed by atoms with Gasteiger partial charge < -0.3 is 14.1 Å². The lowest BCUT2D eigenvalue weighted by Gasteiger charge is -2.28. The average molecular weight is 442 g/mol. The highest BCUT2D eigenvalue weighted by molar-refractivity contribution is 7.91. The fourth-order valence-electron chi connectivity index (χ4n) is 4.12. The predicted molar refractivity (Wildman–Crippen MR) is 120 cm³/mol. The van der Waals surface area contributed by atoms with Gasteiger partial charge in [-0.25, -0.2) is 8.42 Å². The van der Waals surface area contributed by atoms with Crippen molar-refractivity contribution < 1.29 is 22.4 Å². The number of hydrogen-bond donors (Lipinski definition) is 0. The molecule has 2 heterocycles. The van der Waals surface area contributed by atoms with Crippen molar-refractivity contribution in [1.29, 1.82) is 0 Å². The van der Waals surface area contributed by atoms with E-state index in [1.807, 2.05) is 36.4 Å². The Kier molecular flexibility index (Phi) is 6.05. The van der Waals surface area contributed by atoms with Crippen LogP contribution in [0.15, 0.2) is 53.1 Å². The molecule has 1 amide bonds. The molecule has 0 radical (unpaired) electrons. The molecule has 2 aromatic carbocycles. The third-order valence-corrected chi connectivity index (χ3v) is 7.70. The van der Waals surface area contributed by atoms with E-state index in [0.29, 0.717) is 13.0 Å². The molecule has 6 nitrogen and oxygen atoms in total. The summed E-state index contributed by atoms with van der Waals surface area (Å²) in [7, 11) is -1.51. The number of ether oxygens (including phenoxy) is 1. The van der Waals surface area contributed by atoms with Gasteiger partial charge >= 0.3 is 0 Å². The van der Waals surface area contributed by atoms with Gasteiger partial charge in [0, 0.05) is 23.5 Å². The summed E-state index contributed by atoms with van der Waals surface area (Å²) in [6.07, 6.45) is 3.18. The molecule has 0 bridgehead atoms. The number of hydrogen-bond acceptors (Lipinski definition) is 5. The molecule has 7 heteroatoms. The van der Waals surface area contributed by atoms with Crippen LogP contribution in [0.4, 0.5) is 0 Å². The van der Waals surface area contributed by atoms with Gasteiger partial charge in [-0.1, -0.05) is 25.1 Å². The number of carbonyl (C=O) groups excluding carboxylic acids is 1. The first kappa shape index (κ1) is 21.4. The molecule has 1 aromatic heterocycles. The Morgan fingerprint density at radius 1 is 1.16 bits per heavy atom. The van der Waals surface area contributed by atoms with Gasteiger partial charge in [0.1, 0.15) is 11.3 Å². The van der Waals surface area contributed by atoms with Gasteiger partial charge in [-0.15, -0.1) is 0 Å². The second-order valence-corrected chi connectivity index (χ2v) is 10.3. The van der Waals surface area contributed by atoms with Crippen molar-refractivity contribution in [3.63, 3.8) is 0 Å². The van der Waals surface area contributed by atoms with Gasteiger partial charge in [-0.2, -0.15) is 0 Å². The van der Waals surface area contributed by atoms with Crippen molar-refractivity contribution >= 4 is 26.7 Å². The van der Waals surface area contributed by atoms with Crippen LogP contribution in [0.2, 0.25) is 0 Å². The summed E-state index contributed by atoms with van der Waals surface area (Å²) in [6, 6.07) is 13.2. The standard InChI is InChI=1S/C24H27NO5S/c1-3-17-6-9-23-22(12-17)19(15-30-23)13-24(26)25(20-10-11-31(27,28)16-20)14-18-4-7-21(29-2)8-5-18/h4-9,12,15,20H,3,10-11,13-14,16H2,1-2H3/t20-/m0/s1. The van der Waals surface area contributed by atoms with Crippen LogP contribution in [-0.4, -0.2) is 43.9 Å². The number of sulfone groups is 1. The van der Waals surface area contributed by atoms with Crippen molar-refractivity contribution in [2.24, 2.45) is 0 Å². The number of amides is 1. The predicted octanol–water partition coefficient (Wildman–Crippen LogP) is 3.76. The molecule has 0 aliphatic carbocycles. The lowest BCUT2D eigenvalue weighted by Crippen LogP contribution is -2.41. The van der Waals surface area contributed by atoms with Crippen LogP contribution >= 0.6 is 0 Å². The van der Waals surface area contributed by atoms with E-state index in [4.69, 9.17) is 9.15 Å². The number of benzene rings is 2. The summed E-state index contributed by atoms with van der Waals surface area (Å²) in [5, 5.41) is 0.941. The number of nitrogens with zero attached hydrogens (tertiary/aromatic N) is 1. The number of aryl methyl sites for hydroxylation is 1. The summed E-state index contributed by atoms with van der Waals surface area (Å²) >= 11 is 0. The maximum Gasteiger partial charge on any atom is 0.227 e. The van der Waals surface area contributed by atoms with Crippen LogP contribution in [0.25, 0.3) is 11.0 Å². The molecule has 0 saturated carbocycles. The van der Waals surface area contributed by atoms with Crippen molar-refractivity contribution in [2.75, 3.05) is 18.6 Å². The first-order chi connectivity index (χ1) is 14.9. The van der Waals surface area contributed by atoms with Crippen molar-refractivity contribution in [1.82, 2.24) is 4.90 Å². The molecule has 0 spiro atoms. The molecule has 1 atom stereocenters. The van der Waals surface area contributed by atoms with Gasteiger partial charge in [0.05, 0.1) is 31.3 Å². The fourth-order valence-corrected chi connectivity index (χ4v) is 5.85. The zero-order valence-electron chi connectivity index (χ0n) is 17.8. The molecule has 4 rings (SSSR count). The molecule has 31 heavy (non-hydrogen) atoms. The van der Waals surface area contributed by atoms with Crippen LogP contribution in [-0.2, 0) is 34.0 Å². The molecule has 1 saturated heterocycles. The zero-order chi connectivity index (χ0) is 22.0. The highest BCUT2D eigenvalue weighted by Crippen LogP contribution is 2.26. The molecule has 1 fully saturated rings. The molecule has 3 aromatic rings. The maximum atomic E-state index is 13.4. The lowest BCUT2D eigenvalue weighted by molar-refractivity contribution is -0.133. The minimum absolute atomic E-state index is 0.0149. The second-order valence-electron chi connectivity index (χ2n) is 8.05. The highest BCUT2D eigenvalue weighted by atomic mass is 32.2. The smallest absolute Gasteiger partial charge is 0.227 e. The monoisotopic (exact) mass is 441 g/mol. The van der Waals surface area contributed by atoms with Crippen molar-refractivity contribution in [2.45, 2.75) is 38.8 Å². The average Bonchev–Trinajstić information content (AvgIpc) is 3.34. The van der Waals surface area contributed by atoms with E-state index >= 15 is 0 Å². The Morgan fingerprint density at radius 3 is 2.55 bits per heavy atom. The third-order valence-electron chi connectivity index (χ3n) is 5.95. The van der Waals surface area contributed by atoms with Crippen LogP contribution < -0.4 is 4.74 Å². The Labute approximate surface area is 182 Å². The molecule has 1 aliphatic rings. The molecule has 0 unspecified atom stereocenters. The molecular formula is C24H27NO5S. The van der Waals surface area contributed by atoms with Gasteiger partial charge in [0.15, 0.2) is 9.84 Å². The first-order valence-electron chi connectivity index (χ1n) is 10.5. The van der Waals surface area contributed by atoms with Crippen molar-refractivity contribution in [3.8, 4) is 5.75 Å². The number of methoxy groups -OCH3 is 1. The van der Waals surface area contributed by atoms with E-state index in [-0.39, 0.29) is 29.9 Å². The van der Waals surface area contributed by atoms with Gasteiger partial charge in [-0.3, -0.25) is 4.79 Å². The quantitative estimate of drug-likeness (QED) is 0.558. The number of fused-ring (bicyclic) bond motifs is 1. The zero-order valence-corrected chi connectivity index (χ0v) is 18.7. The molecule has 0 N–H and O–H groups in total. The molecule has 164 valence electrons. The Morgan fingerprint density at radius 2 is 1.90 bits per heavy atom. The number of carbonyl (C=O) groups is 1. The number of furan rings is 1. The van der Waals surface area contributed by atoms with Gasteiger partial charge in [0.25, 0.3) is 0 Å². The summed E-state index contributed by atoms with van der Waals surface area (Å²) in [4.78, 5) is 15.1. The summed E-state index contributed by atoms with van der Waals surface area (Å²) in [5.41, 5.74) is 3.70. The van der Waals surface area contributed by atoms with Crippen molar-refractivity contribution in [3.05, 3.63) is 65.4 Å². The fraction of sp³-hybridized carbons (Fsp3) is 0.375. The number of rotatable bonds is 7. The third kappa shape index (κ3) is 4.77. The van der Waals surface area contributed by atoms with Crippen LogP contribution in [0, 0.1) is 0 Å². The van der Waals surface area contributed by atoms with E-state index in [9.17, 15) is 13.2 Å². The van der Waals surface area contributed by atoms with Crippen LogP contribution in [0.5, 0.6) is 5.75 Å². The topological polar surface area (TPSA) is 76.8 Å². The summed E-state index contributed by atoms with van der Waals surface area (Å²) in [5.74, 6) is 0.781. The van der Waals surface area contributed by atoms with Gasteiger partial charge in [0.2, 0.25) is 5.91 Å². The Hall–Kier alpha value is -2.80. The van der Waals surface area contributed by atoms with E-state index in [0.717, 1.165) is 34.3 Å². The Balaban J connectivity index is 1.60. The maximum absolute atomic E-state index is 13.4. The van der Waals surface area contributed by atoms with E-state index in [2.05, 4.69) is 13.0 Å². The largest absolute Gasteiger partial charge is 0.497 e. The Bertz CT molecular complexity index is 1180. The minimum atomic E-state index is -3.12. The SMILES string of the molecule is CCc1ccc2occ(CC(=O)N(Cc3ccc(OC)cc3)[C@H]3CCS(=O)(=O)C3)c2c1. The molecule has 1 aliphatic heterocycles. The van der Waals surface area contributed by atoms with E-state index < -0.39 is 9.84 Å². The first-order valence-corrected chi connectivity index (χ1v) is 12.3. The molecular weight excluding hydrogens is 414 g/mol. The minimum Gasteiger partial charge on any atom is -0.497 e.